The molecule has 0 aliphatic carbocycles. The van der Waals surface area contributed by atoms with Crippen molar-refractivity contribution in [3.05, 3.63) is 51.2 Å². The quantitative estimate of drug-likeness (QED) is 0.872. The van der Waals surface area contributed by atoms with Crippen LogP contribution in [-0.4, -0.2) is 8.42 Å². The van der Waals surface area contributed by atoms with Crippen molar-refractivity contribution in [2.24, 2.45) is 5.73 Å². The normalized spacial score (nSPS) is 14.9. The Labute approximate surface area is 134 Å². The third-order valence-corrected chi connectivity index (χ3v) is 6.04. The van der Waals surface area contributed by atoms with E-state index in [2.05, 4.69) is 4.72 Å². The van der Waals surface area contributed by atoms with E-state index >= 15 is 0 Å². The highest BCUT2D eigenvalue weighted by Gasteiger charge is 2.19. The lowest BCUT2D eigenvalue weighted by molar-refractivity contribution is 0.568. The number of halogens is 1. The maximum absolute atomic E-state index is 12.3. The number of sulfonamides is 1. The van der Waals surface area contributed by atoms with Crippen molar-refractivity contribution in [1.29, 1.82) is 0 Å². The third kappa shape index (κ3) is 4.05. The van der Waals surface area contributed by atoms with Crippen LogP contribution in [0.3, 0.4) is 0 Å². The van der Waals surface area contributed by atoms with E-state index in [9.17, 15) is 8.42 Å². The summed E-state index contributed by atoms with van der Waals surface area (Å²) >= 11 is 7.23. The van der Waals surface area contributed by atoms with Gasteiger partial charge in [-0.25, -0.2) is 13.1 Å². The predicted octanol–water partition coefficient (Wildman–Crippen LogP) is 3.46. The minimum Gasteiger partial charge on any atom is -0.324 e. The van der Waals surface area contributed by atoms with Gasteiger partial charge in [0.05, 0.1) is 15.3 Å². The summed E-state index contributed by atoms with van der Waals surface area (Å²) in [7, 11) is -3.57. The van der Waals surface area contributed by atoms with Crippen molar-refractivity contribution >= 4 is 33.0 Å². The van der Waals surface area contributed by atoms with Gasteiger partial charge in [0.2, 0.25) is 10.0 Å². The van der Waals surface area contributed by atoms with Gasteiger partial charge >= 0.3 is 0 Å². The largest absolute Gasteiger partial charge is 0.324 e. The number of nitrogens with one attached hydrogen (secondary N) is 1. The van der Waals surface area contributed by atoms with Crippen LogP contribution < -0.4 is 10.5 Å². The summed E-state index contributed by atoms with van der Waals surface area (Å²) in [4.78, 5) is 1.09. The fraction of sp³-hybridized carbons (Fsp3) is 0.286. The number of hydrogen-bond acceptors (Lipinski definition) is 4. The number of nitrogens with two attached hydrogens (primary N) is 1. The molecular formula is C14H17ClN2O2S2. The molecule has 1 aromatic carbocycles. The van der Waals surface area contributed by atoms with Crippen LogP contribution in [0.5, 0.6) is 0 Å². The Bertz CT molecular complexity index is 709. The Balaban J connectivity index is 2.18. The zero-order valence-electron chi connectivity index (χ0n) is 11.7. The van der Waals surface area contributed by atoms with Crippen LogP contribution >= 0.6 is 22.9 Å². The van der Waals surface area contributed by atoms with E-state index in [1.54, 1.807) is 37.3 Å². The maximum atomic E-state index is 12.3. The van der Waals surface area contributed by atoms with Gasteiger partial charge in [-0.05, 0) is 43.7 Å². The molecule has 0 aliphatic heterocycles. The van der Waals surface area contributed by atoms with Gasteiger partial charge < -0.3 is 5.73 Å². The number of thiophene rings is 1. The zero-order valence-corrected chi connectivity index (χ0v) is 14.1. The predicted molar refractivity (Wildman–Crippen MR) is 87.1 cm³/mol. The fourth-order valence-corrected chi connectivity index (χ4v) is 4.23. The molecule has 7 heteroatoms. The summed E-state index contributed by atoms with van der Waals surface area (Å²) in [5.74, 6) is 0. The first-order valence-electron chi connectivity index (χ1n) is 6.42. The second-order valence-corrected chi connectivity index (χ2v) is 8.30. The van der Waals surface area contributed by atoms with Gasteiger partial charge in [-0.3, -0.25) is 0 Å². The Hall–Kier alpha value is -0.920. The van der Waals surface area contributed by atoms with Gasteiger partial charge in [-0.1, -0.05) is 23.7 Å². The maximum Gasteiger partial charge on any atom is 0.241 e. The Morgan fingerprint density at radius 1 is 1.14 bits per heavy atom. The van der Waals surface area contributed by atoms with Crippen LogP contribution in [0.4, 0.5) is 0 Å². The molecule has 114 valence electrons. The van der Waals surface area contributed by atoms with Gasteiger partial charge in [-0.2, -0.15) is 0 Å². The number of hydrogen-bond donors (Lipinski definition) is 2. The van der Waals surface area contributed by atoms with Crippen molar-refractivity contribution in [3.63, 3.8) is 0 Å². The fourth-order valence-electron chi connectivity index (χ4n) is 1.87. The first-order chi connectivity index (χ1) is 9.79. The molecule has 21 heavy (non-hydrogen) atoms. The Kier molecular flexibility index (Phi) is 5.06. The van der Waals surface area contributed by atoms with Gasteiger partial charge in [-0.15, -0.1) is 11.3 Å². The molecule has 0 amide bonds. The third-order valence-electron chi connectivity index (χ3n) is 3.07. The van der Waals surface area contributed by atoms with E-state index in [-0.39, 0.29) is 17.0 Å². The van der Waals surface area contributed by atoms with E-state index in [0.717, 1.165) is 10.4 Å². The lowest BCUT2D eigenvalue weighted by Gasteiger charge is -2.13. The molecule has 0 bridgehead atoms. The summed E-state index contributed by atoms with van der Waals surface area (Å²) in [5, 5.41) is 0. The van der Waals surface area contributed by atoms with E-state index in [1.807, 2.05) is 13.0 Å². The molecule has 0 saturated heterocycles. The molecule has 0 aliphatic rings. The standard InChI is InChI=1S/C14H17ClN2O2S2/c1-9(16)11-3-5-12(6-4-11)21(18,19)17-10(2)13-7-8-14(15)20-13/h3-10,17H,16H2,1-2H3. The van der Waals surface area contributed by atoms with Crippen LogP contribution in [0.25, 0.3) is 0 Å². The van der Waals surface area contributed by atoms with Crippen molar-refractivity contribution in [3.8, 4) is 0 Å². The highest BCUT2D eigenvalue weighted by atomic mass is 35.5. The average Bonchev–Trinajstić information content (AvgIpc) is 2.85. The van der Waals surface area contributed by atoms with Gasteiger partial charge in [0.15, 0.2) is 0 Å². The van der Waals surface area contributed by atoms with Crippen LogP contribution in [0, 0.1) is 0 Å². The molecule has 2 aromatic rings. The molecule has 2 rings (SSSR count). The topological polar surface area (TPSA) is 72.2 Å². The Morgan fingerprint density at radius 3 is 2.24 bits per heavy atom. The molecule has 0 spiro atoms. The van der Waals surface area contributed by atoms with Crippen molar-refractivity contribution < 1.29 is 8.42 Å². The van der Waals surface area contributed by atoms with E-state index in [4.69, 9.17) is 17.3 Å². The molecule has 2 unspecified atom stereocenters. The van der Waals surface area contributed by atoms with Gasteiger partial charge in [0.1, 0.15) is 0 Å². The van der Waals surface area contributed by atoms with Crippen LogP contribution in [0.2, 0.25) is 4.34 Å². The molecule has 1 aromatic heterocycles. The minimum atomic E-state index is -3.57. The van der Waals surface area contributed by atoms with Gasteiger partial charge in [0.25, 0.3) is 0 Å². The molecule has 0 saturated carbocycles. The molecule has 1 heterocycles. The van der Waals surface area contributed by atoms with Crippen molar-refractivity contribution in [2.75, 3.05) is 0 Å². The highest BCUT2D eigenvalue weighted by molar-refractivity contribution is 7.89. The lowest BCUT2D eigenvalue weighted by atomic mass is 10.1. The highest BCUT2D eigenvalue weighted by Crippen LogP contribution is 2.27. The van der Waals surface area contributed by atoms with Gasteiger partial charge in [0, 0.05) is 10.9 Å². The summed E-state index contributed by atoms with van der Waals surface area (Å²) < 4.78 is 27.9. The van der Waals surface area contributed by atoms with E-state index in [1.165, 1.54) is 11.3 Å². The second kappa shape index (κ2) is 6.46. The molecule has 0 radical (unpaired) electrons. The minimum absolute atomic E-state index is 0.123. The average molecular weight is 345 g/mol. The van der Waals surface area contributed by atoms with Crippen LogP contribution in [-0.2, 0) is 10.0 Å². The molecule has 3 N–H and O–H groups in total. The summed E-state index contributed by atoms with van der Waals surface area (Å²) in [5.41, 5.74) is 6.65. The SMILES string of the molecule is CC(N)c1ccc(S(=O)(=O)NC(C)c2ccc(Cl)s2)cc1. The second-order valence-electron chi connectivity index (χ2n) is 4.84. The van der Waals surface area contributed by atoms with Crippen molar-refractivity contribution in [1.82, 2.24) is 4.72 Å². The van der Waals surface area contributed by atoms with Crippen molar-refractivity contribution in [2.45, 2.75) is 30.8 Å². The molecular weight excluding hydrogens is 328 g/mol. The summed E-state index contributed by atoms with van der Waals surface area (Å²) in [6.07, 6.45) is 0. The first-order valence-corrected chi connectivity index (χ1v) is 9.10. The summed E-state index contributed by atoms with van der Waals surface area (Å²) in [6.45, 7) is 3.64. The summed E-state index contributed by atoms with van der Waals surface area (Å²) in [6, 6.07) is 9.70. The number of benzene rings is 1. The lowest BCUT2D eigenvalue weighted by Crippen LogP contribution is -2.26. The Morgan fingerprint density at radius 2 is 1.76 bits per heavy atom. The molecule has 4 nitrogen and oxygen atoms in total. The number of rotatable bonds is 5. The molecule has 2 atom stereocenters. The van der Waals surface area contributed by atoms with Crippen LogP contribution in [0.15, 0.2) is 41.3 Å². The van der Waals surface area contributed by atoms with E-state index in [0.29, 0.717) is 4.34 Å². The first kappa shape index (κ1) is 16.5. The van der Waals surface area contributed by atoms with E-state index < -0.39 is 10.0 Å². The molecule has 0 fully saturated rings. The smallest absolute Gasteiger partial charge is 0.241 e. The zero-order chi connectivity index (χ0) is 15.6. The monoisotopic (exact) mass is 344 g/mol. The van der Waals surface area contributed by atoms with Crippen LogP contribution in [0.1, 0.15) is 36.4 Å².